The average molecular weight is 294 g/mol. The molecule has 0 spiro atoms. The van der Waals surface area contributed by atoms with Crippen molar-refractivity contribution in [2.45, 2.75) is 32.6 Å². The van der Waals surface area contributed by atoms with Crippen LogP contribution in [0.5, 0.6) is 5.75 Å². The molecule has 0 radical (unpaired) electrons. The number of hydrogen-bond acceptors (Lipinski definition) is 5. The second-order valence-corrected chi connectivity index (χ2v) is 4.64. The number of hydrogen-bond donors (Lipinski definition) is 0. The zero-order chi connectivity index (χ0) is 15.7. The minimum absolute atomic E-state index is 0.268. The average Bonchev–Trinajstić information content (AvgIpc) is 2.52. The van der Waals surface area contributed by atoms with Gasteiger partial charge in [0, 0.05) is 0 Å². The number of methoxy groups -OCH3 is 2. The van der Waals surface area contributed by atoms with Crippen LogP contribution in [-0.4, -0.2) is 32.8 Å². The zero-order valence-corrected chi connectivity index (χ0v) is 12.8. The van der Waals surface area contributed by atoms with E-state index in [4.69, 9.17) is 4.74 Å². The molecule has 1 aromatic carbocycles. The monoisotopic (exact) mass is 294 g/mol. The van der Waals surface area contributed by atoms with Gasteiger partial charge in [-0.05, 0) is 24.6 Å². The van der Waals surface area contributed by atoms with Crippen molar-refractivity contribution >= 4 is 11.9 Å². The fourth-order valence-electron chi connectivity index (χ4n) is 1.87. The summed E-state index contributed by atoms with van der Waals surface area (Å²) >= 11 is 0. The summed E-state index contributed by atoms with van der Waals surface area (Å²) in [6.45, 7) is 2.69. The largest absolute Gasteiger partial charge is 0.494 e. The lowest BCUT2D eigenvalue weighted by Gasteiger charge is -2.09. The van der Waals surface area contributed by atoms with Gasteiger partial charge in [-0.25, -0.2) is 9.59 Å². The van der Waals surface area contributed by atoms with E-state index in [1.165, 1.54) is 26.7 Å². The van der Waals surface area contributed by atoms with E-state index in [9.17, 15) is 9.59 Å². The van der Waals surface area contributed by atoms with Crippen molar-refractivity contribution in [3.8, 4) is 5.75 Å². The predicted molar refractivity (Wildman–Crippen MR) is 78.8 cm³/mol. The fraction of sp³-hybridized carbons (Fsp3) is 0.500. The number of benzene rings is 1. The van der Waals surface area contributed by atoms with Gasteiger partial charge >= 0.3 is 11.9 Å². The smallest absolute Gasteiger partial charge is 0.338 e. The highest BCUT2D eigenvalue weighted by Gasteiger charge is 2.14. The maximum Gasteiger partial charge on any atom is 0.338 e. The van der Waals surface area contributed by atoms with Crippen LogP contribution in [0.1, 0.15) is 53.3 Å². The molecule has 116 valence electrons. The lowest BCUT2D eigenvalue weighted by atomic mass is 10.1. The minimum atomic E-state index is -0.517. The van der Waals surface area contributed by atoms with Crippen LogP contribution in [0.2, 0.25) is 0 Å². The maximum absolute atomic E-state index is 11.6. The summed E-state index contributed by atoms with van der Waals surface area (Å²) in [4.78, 5) is 23.2. The van der Waals surface area contributed by atoms with Gasteiger partial charge in [-0.1, -0.05) is 26.2 Å². The highest BCUT2D eigenvalue weighted by molar-refractivity contribution is 5.96. The van der Waals surface area contributed by atoms with Crippen LogP contribution in [0.4, 0.5) is 0 Å². The molecule has 0 aliphatic rings. The number of unbranched alkanes of at least 4 members (excludes halogenated alkanes) is 3. The van der Waals surface area contributed by atoms with E-state index in [2.05, 4.69) is 16.4 Å². The van der Waals surface area contributed by atoms with E-state index in [1.54, 1.807) is 12.1 Å². The first kappa shape index (κ1) is 17.0. The van der Waals surface area contributed by atoms with Gasteiger partial charge in [0.05, 0.1) is 32.0 Å². The normalized spacial score (nSPS) is 10.0. The summed E-state index contributed by atoms with van der Waals surface area (Å²) in [5.41, 5.74) is 0.535. The van der Waals surface area contributed by atoms with Gasteiger partial charge in [-0.2, -0.15) is 0 Å². The molecule has 21 heavy (non-hydrogen) atoms. The molecule has 1 aromatic rings. The summed E-state index contributed by atoms with van der Waals surface area (Å²) in [5.74, 6) is -0.567. The first-order valence-corrected chi connectivity index (χ1v) is 7.06. The second-order valence-electron chi connectivity index (χ2n) is 4.64. The molecule has 0 bridgehead atoms. The molecule has 0 amide bonds. The van der Waals surface area contributed by atoms with Crippen molar-refractivity contribution in [2.75, 3.05) is 20.8 Å². The van der Waals surface area contributed by atoms with E-state index in [0.29, 0.717) is 12.4 Å². The molecule has 0 saturated heterocycles. The van der Waals surface area contributed by atoms with Gasteiger partial charge in [-0.3, -0.25) is 0 Å². The highest BCUT2D eigenvalue weighted by atomic mass is 16.5. The van der Waals surface area contributed by atoms with Crippen LogP contribution in [0.25, 0.3) is 0 Å². The van der Waals surface area contributed by atoms with Crippen LogP contribution in [0.3, 0.4) is 0 Å². The van der Waals surface area contributed by atoms with Gasteiger partial charge in [0.25, 0.3) is 0 Å². The quantitative estimate of drug-likeness (QED) is 0.544. The van der Waals surface area contributed by atoms with Crippen molar-refractivity contribution in [3.05, 3.63) is 29.3 Å². The van der Waals surface area contributed by atoms with Gasteiger partial charge in [0.15, 0.2) is 0 Å². The Hall–Kier alpha value is -2.04. The van der Waals surface area contributed by atoms with E-state index in [1.807, 2.05) is 0 Å². The van der Waals surface area contributed by atoms with Crippen molar-refractivity contribution < 1.29 is 23.8 Å². The van der Waals surface area contributed by atoms with Crippen LogP contribution < -0.4 is 4.74 Å². The number of esters is 2. The van der Waals surface area contributed by atoms with E-state index < -0.39 is 11.9 Å². The lowest BCUT2D eigenvalue weighted by molar-refractivity contribution is 0.0598. The van der Waals surface area contributed by atoms with Gasteiger partial charge < -0.3 is 14.2 Å². The number of carbonyl (C=O) groups excluding carboxylic acids is 2. The van der Waals surface area contributed by atoms with Crippen molar-refractivity contribution in [2.24, 2.45) is 0 Å². The first-order chi connectivity index (χ1) is 10.1. The molecular formula is C16H22O5. The number of ether oxygens (including phenoxy) is 3. The predicted octanol–water partition coefficient (Wildman–Crippen LogP) is 3.22. The Balaban J connectivity index is 2.81. The van der Waals surface area contributed by atoms with Gasteiger partial charge in [0.1, 0.15) is 5.75 Å². The summed E-state index contributed by atoms with van der Waals surface area (Å²) in [6.07, 6.45) is 4.35. The van der Waals surface area contributed by atoms with E-state index >= 15 is 0 Å². The lowest BCUT2D eigenvalue weighted by Crippen LogP contribution is -2.08. The Morgan fingerprint density at radius 2 is 1.48 bits per heavy atom. The number of carbonyl (C=O) groups is 2. The second kappa shape index (κ2) is 9.00. The van der Waals surface area contributed by atoms with Gasteiger partial charge in [0.2, 0.25) is 0 Å². The van der Waals surface area contributed by atoms with Crippen LogP contribution in [0.15, 0.2) is 18.2 Å². The van der Waals surface area contributed by atoms with E-state index in [-0.39, 0.29) is 11.1 Å². The molecular weight excluding hydrogens is 272 g/mol. The van der Waals surface area contributed by atoms with Crippen LogP contribution in [0, 0.1) is 0 Å². The fourth-order valence-corrected chi connectivity index (χ4v) is 1.87. The summed E-state index contributed by atoms with van der Waals surface area (Å²) in [5, 5.41) is 0. The highest BCUT2D eigenvalue weighted by Crippen LogP contribution is 2.19. The van der Waals surface area contributed by atoms with Crippen LogP contribution in [-0.2, 0) is 9.47 Å². The molecule has 0 aromatic heterocycles. The maximum atomic E-state index is 11.6. The standard InChI is InChI=1S/C16H22O5/c1-4-5-6-7-8-21-14-10-12(15(17)19-2)9-13(11-14)16(18)20-3/h9-11H,4-8H2,1-3H3. The molecule has 1 rings (SSSR count). The van der Waals surface area contributed by atoms with E-state index in [0.717, 1.165) is 19.3 Å². The Bertz CT molecular complexity index is 447. The Labute approximate surface area is 125 Å². The van der Waals surface area contributed by atoms with Crippen LogP contribution >= 0.6 is 0 Å². The third kappa shape index (κ3) is 5.45. The van der Waals surface area contributed by atoms with Crippen molar-refractivity contribution in [1.29, 1.82) is 0 Å². The summed E-state index contributed by atoms with van der Waals surface area (Å²) in [6, 6.07) is 4.57. The summed E-state index contributed by atoms with van der Waals surface area (Å²) < 4.78 is 14.9. The molecule has 0 fully saturated rings. The molecule has 0 aliphatic carbocycles. The van der Waals surface area contributed by atoms with Gasteiger partial charge in [-0.15, -0.1) is 0 Å². The first-order valence-electron chi connectivity index (χ1n) is 7.06. The topological polar surface area (TPSA) is 61.8 Å². The van der Waals surface area contributed by atoms with Crippen molar-refractivity contribution in [3.63, 3.8) is 0 Å². The molecule has 0 saturated carbocycles. The third-order valence-electron chi connectivity index (χ3n) is 3.02. The molecule has 5 nitrogen and oxygen atoms in total. The third-order valence-corrected chi connectivity index (χ3v) is 3.02. The molecule has 0 N–H and O–H groups in total. The molecule has 0 aliphatic heterocycles. The number of rotatable bonds is 8. The molecule has 0 heterocycles. The zero-order valence-electron chi connectivity index (χ0n) is 12.8. The van der Waals surface area contributed by atoms with Crippen molar-refractivity contribution in [1.82, 2.24) is 0 Å². The Morgan fingerprint density at radius 1 is 0.905 bits per heavy atom. The molecule has 0 atom stereocenters. The molecule has 0 unspecified atom stereocenters. The minimum Gasteiger partial charge on any atom is -0.494 e. The Kier molecular flexibility index (Phi) is 7.29. The molecule has 5 heteroatoms. The Morgan fingerprint density at radius 3 is 1.95 bits per heavy atom. The SMILES string of the molecule is CCCCCCOc1cc(C(=O)OC)cc(C(=O)OC)c1. The summed E-state index contributed by atoms with van der Waals surface area (Å²) in [7, 11) is 2.58.